The highest BCUT2D eigenvalue weighted by Gasteiger charge is 2.08. The first-order valence-electron chi connectivity index (χ1n) is 5.54. The Hall–Kier alpha value is -0.870. The smallest absolute Gasteiger partial charge is 0.122 e. The first-order chi connectivity index (χ1) is 7.15. The summed E-state index contributed by atoms with van der Waals surface area (Å²) in [5.74, 6) is 1.32. The normalized spacial score (nSPS) is 13.4. The Bertz CT molecular complexity index is 283. The zero-order valence-corrected chi connectivity index (χ0v) is 9.77. The minimum absolute atomic E-state index is 0.282. The fraction of sp³-hybridized carbons (Fsp3) is 0.727. The molecular formula is C11H21N3O. The van der Waals surface area contributed by atoms with E-state index in [1.54, 1.807) is 6.20 Å². The topological polar surface area (TPSA) is 50.1 Å². The van der Waals surface area contributed by atoms with Crippen molar-refractivity contribution < 1.29 is 5.11 Å². The number of aromatic nitrogens is 2. The first-order valence-corrected chi connectivity index (χ1v) is 5.54. The van der Waals surface area contributed by atoms with E-state index >= 15 is 0 Å². The highest BCUT2D eigenvalue weighted by atomic mass is 16.3. The largest absolute Gasteiger partial charge is 0.392 e. The van der Waals surface area contributed by atoms with Crippen molar-refractivity contribution in [1.82, 2.24) is 14.9 Å². The van der Waals surface area contributed by atoms with E-state index in [9.17, 15) is 5.11 Å². The number of rotatable bonds is 6. The number of nitrogens with zero attached hydrogens (tertiary/aromatic N) is 2. The van der Waals surface area contributed by atoms with Crippen LogP contribution >= 0.6 is 0 Å². The van der Waals surface area contributed by atoms with Crippen LogP contribution in [0.3, 0.4) is 0 Å². The molecule has 1 aromatic heterocycles. The summed E-state index contributed by atoms with van der Waals surface area (Å²) in [7, 11) is 0. The molecule has 15 heavy (non-hydrogen) atoms. The van der Waals surface area contributed by atoms with Crippen molar-refractivity contribution in [2.45, 2.75) is 40.0 Å². The zero-order chi connectivity index (χ0) is 11.3. The fourth-order valence-corrected chi connectivity index (χ4v) is 1.36. The maximum absolute atomic E-state index is 9.59. The molecule has 0 aromatic carbocycles. The summed E-state index contributed by atoms with van der Waals surface area (Å²) in [5.41, 5.74) is 0. The standard InChI is InChI=1S/C11H21N3O/c1-4-14-6-5-13-11(14)8-12-7-10(15)9(2)3/h5-6,9-10,12,15H,4,7-8H2,1-3H3. The molecule has 2 N–H and O–H groups in total. The van der Waals surface area contributed by atoms with E-state index < -0.39 is 0 Å². The van der Waals surface area contributed by atoms with E-state index in [1.165, 1.54) is 0 Å². The molecule has 86 valence electrons. The van der Waals surface area contributed by atoms with E-state index in [0.717, 1.165) is 12.4 Å². The van der Waals surface area contributed by atoms with Gasteiger partial charge >= 0.3 is 0 Å². The van der Waals surface area contributed by atoms with Gasteiger partial charge in [0.2, 0.25) is 0 Å². The molecule has 1 unspecified atom stereocenters. The summed E-state index contributed by atoms with van der Waals surface area (Å²) in [5, 5.41) is 12.8. The van der Waals surface area contributed by atoms with Crippen LogP contribution < -0.4 is 5.32 Å². The van der Waals surface area contributed by atoms with Crippen molar-refractivity contribution in [2.24, 2.45) is 5.92 Å². The van der Waals surface area contributed by atoms with Crippen molar-refractivity contribution >= 4 is 0 Å². The summed E-state index contributed by atoms with van der Waals surface area (Å²) < 4.78 is 2.09. The van der Waals surface area contributed by atoms with Crippen LogP contribution in [0.1, 0.15) is 26.6 Å². The van der Waals surface area contributed by atoms with Crippen LogP contribution in [0, 0.1) is 5.92 Å². The van der Waals surface area contributed by atoms with Gasteiger partial charge in [-0.05, 0) is 12.8 Å². The molecule has 0 saturated heterocycles. The Morgan fingerprint density at radius 3 is 2.87 bits per heavy atom. The second-order valence-electron chi connectivity index (χ2n) is 4.07. The van der Waals surface area contributed by atoms with Gasteiger partial charge in [-0.15, -0.1) is 0 Å². The zero-order valence-electron chi connectivity index (χ0n) is 9.77. The van der Waals surface area contributed by atoms with Crippen molar-refractivity contribution in [1.29, 1.82) is 0 Å². The Balaban J connectivity index is 2.31. The monoisotopic (exact) mass is 211 g/mol. The predicted octanol–water partition coefficient (Wildman–Crippen LogP) is 1.01. The summed E-state index contributed by atoms with van der Waals surface area (Å²) >= 11 is 0. The van der Waals surface area contributed by atoms with Gasteiger partial charge in [-0.25, -0.2) is 4.98 Å². The molecule has 1 heterocycles. The first kappa shape index (κ1) is 12.2. The number of imidazole rings is 1. The van der Waals surface area contributed by atoms with Crippen molar-refractivity contribution in [2.75, 3.05) is 6.54 Å². The molecule has 1 atom stereocenters. The molecule has 1 rings (SSSR count). The van der Waals surface area contributed by atoms with Crippen LogP contribution in [0.4, 0.5) is 0 Å². The molecule has 0 aliphatic carbocycles. The van der Waals surface area contributed by atoms with Gasteiger partial charge in [0.25, 0.3) is 0 Å². The third-order valence-electron chi connectivity index (χ3n) is 2.55. The Labute approximate surface area is 91.3 Å². The molecule has 4 heteroatoms. The maximum Gasteiger partial charge on any atom is 0.122 e. The lowest BCUT2D eigenvalue weighted by Gasteiger charge is -2.15. The highest BCUT2D eigenvalue weighted by molar-refractivity contribution is 4.91. The minimum atomic E-state index is -0.282. The van der Waals surface area contributed by atoms with Gasteiger partial charge in [0.05, 0.1) is 12.6 Å². The van der Waals surface area contributed by atoms with Gasteiger partial charge in [-0.3, -0.25) is 0 Å². The number of aliphatic hydroxyl groups is 1. The van der Waals surface area contributed by atoms with Crippen LogP contribution in [0.15, 0.2) is 12.4 Å². The van der Waals surface area contributed by atoms with E-state index in [-0.39, 0.29) is 6.10 Å². The lowest BCUT2D eigenvalue weighted by molar-refractivity contribution is 0.123. The van der Waals surface area contributed by atoms with E-state index in [2.05, 4.69) is 21.8 Å². The number of hydrogen-bond acceptors (Lipinski definition) is 3. The number of hydrogen-bond donors (Lipinski definition) is 2. The van der Waals surface area contributed by atoms with Crippen molar-refractivity contribution in [3.8, 4) is 0 Å². The highest BCUT2D eigenvalue weighted by Crippen LogP contribution is 2.00. The van der Waals surface area contributed by atoms with Crippen molar-refractivity contribution in [3.05, 3.63) is 18.2 Å². The van der Waals surface area contributed by atoms with Gasteiger partial charge < -0.3 is 15.0 Å². The predicted molar refractivity (Wildman–Crippen MR) is 60.5 cm³/mol. The molecular weight excluding hydrogens is 190 g/mol. The molecule has 0 fully saturated rings. The summed E-state index contributed by atoms with van der Waals surface area (Å²) in [6, 6.07) is 0. The molecule has 0 saturated carbocycles. The molecule has 0 aliphatic rings. The summed E-state index contributed by atoms with van der Waals surface area (Å²) in [4.78, 5) is 4.25. The molecule has 1 aromatic rings. The van der Waals surface area contributed by atoms with Gasteiger partial charge in [0, 0.05) is 25.5 Å². The Morgan fingerprint density at radius 1 is 1.53 bits per heavy atom. The molecule has 0 bridgehead atoms. The lowest BCUT2D eigenvalue weighted by Crippen LogP contribution is -2.30. The number of aryl methyl sites for hydroxylation is 1. The van der Waals surface area contributed by atoms with E-state index in [0.29, 0.717) is 19.0 Å². The molecule has 0 spiro atoms. The number of nitrogens with one attached hydrogen (secondary N) is 1. The molecule has 0 radical (unpaired) electrons. The van der Waals surface area contributed by atoms with Gasteiger partial charge in [0.1, 0.15) is 5.82 Å². The second-order valence-corrected chi connectivity index (χ2v) is 4.07. The minimum Gasteiger partial charge on any atom is -0.392 e. The third kappa shape index (κ3) is 3.64. The Morgan fingerprint density at radius 2 is 2.27 bits per heavy atom. The van der Waals surface area contributed by atoms with E-state index in [4.69, 9.17) is 0 Å². The number of aliphatic hydroxyl groups excluding tert-OH is 1. The van der Waals surface area contributed by atoms with Crippen LogP contribution in [-0.2, 0) is 13.1 Å². The van der Waals surface area contributed by atoms with Crippen LogP contribution in [0.2, 0.25) is 0 Å². The molecule has 0 aliphatic heterocycles. The third-order valence-corrected chi connectivity index (χ3v) is 2.55. The average Bonchev–Trinajstić information content (AvgIpc) is 2.65. The lowest BCUT2D eigenvalue weighted by atomic mass is 10.1. The maximum atomic E-state index is 9.59. The quantitative estimate of drug-likeness (QED) is 0.738. The van der Waals surface area contributed by atoms with Crippen LogP contribution in [0.25, 0.3) is 0 Å². The fourth-order valence-electron chi connectivity index (χ4n) is 1.36. The van der Waals surface area contributed by atoms with Crippen LogP contribution in [0.5, 0.6) is 0 Å². The molecule has 4 nitrogen and oxygen atoms in total. The van der Waals surface area contributed by atoms with Gasteiger partial charge in [0.15, 0.2) is 0 Å². The van der Waals surface area contributed by atoms with Crippen molar-refractivity contribution in [3.63, 3.8) is 0 Å². The van der Waals surface area contributed by atoms with Gasteiger partial charge in [-0.2, -0.15) is 0 Å². The summed E-state index contributed by atoms with van der Waals surface area (Å²) in [6.45, 7) is 8.38. The second kappa shape index (κ2) is 5.88. The average molecular weight is 211 g/mol. The van der Waals surface area contributed by atoms with E-state index in [1.807, 2.05) is 20.0 Å². The SMILES string of the molecule is CCn1ccnc1CNCC(O)C(C)C. The Kier molecular flexibility index (Phi) is 4.78. The van der Waals surface area contributed by atoms with Gasteiger partial charge in [-0.1, -0.05) is 13.8 Å². The van der Waals surface area contributed by atoms with Crippen LogP contribution in [-0.4, -0.2) is 27.3 Å². The molecule has 0 amide bonds. The summed E-state index contributed by atoms with van der Waals surface area (Å²) in [6.07, 6.45) is 3.49.